The van der Waals surface area contributed by atoms with Crippen molar-refractivity contribution in [3.05, 3.63) is 34.9 Å². The highest BCUT2D eigenvalue weighted by Gasteiger charge is 2.24. The molecule has 1 fully saturated rings. The molecule has 2 heteroatoms. The second-order valence-electron chi connectivity index (χ2n) is 6.45. The molecule has 1 aromatic carbocycles. The van der Waals surface area contributed by atoms with Gasteiger partial charge in [0.25, 0.3) is 0 Å². The van der Waals surface area contributed by atoms with Crippen molar-refractivity contribution in [2.45, 2.75) is 52.6 Å². The Bertz CT molecular complexity index is 427. The topological polar surface area (TPSA) is 29.3 Å². The van der Waals surface area contributed by atoms with Crippen LogP contribution in [0.2, 0.25) is 0 Å². The van der Waals surface area contributed by atoms with E-state index in [4.69, 9.17) is 5.73 Å². The van der Waals surface area contributed by atoms with E-state index in [1.807, 2.05) is 0 Å². The number of aryl methyl sites for hydroxylation is 2. The van der Waals surface area contributed by atoms with Gasteiger partial charge in [-0.2, -0.15) is 0 Å². The van der Waals surface area contributed by atoms with Crippen molar-refractivity contribution in [3.63, 3.8) is 0 Å². The first-order valence-electron chi connectivity index (χ1n) is 7.54. The lowest BCUT2D eigenvalue weighted by atomic mass is 9.93. The molecule has 106 valence electrons. The van der Waals surface area contributed by atoms with Crippen LogP contribution in [0.3, 0.4) is 0 Å². The van der Waals surface area contributed by atoms with E-state index in [1.165, 1.54) is 36.1 Å². The summed E-state index contributed by atoms with van der Waals surface area (Å²) in [4.78, 5) is 2.57. The van der Waals surface area contributed by atoms with Crippen LogP contribution in [0, 0.1) is 19.8 Å². The predicted octanol–water partition coefficient (Wildman–Crippen LogP) is 3.42. The molecule has 1 aromatic rings. The van der Waals surface area contributed by atoms with Crippen molar-refractivity contribution in [2.24, 2.45) is 11.7 Å². The molecule has 1 heterocycles. The summed E-state index contributed by atoms with van der Waals surface area (Å²) in [5.41, 5.74) is 10.4. The Balaban J connectivity index is 2.05. The van der Waals surface area contributed by atoms with E-state index >= 15 is 0 Å². The van der Waals surface area contributed by atoms with Crippen LogP contribution in [0.15, 0.2) is 18.2 Å². The minimum Gasteiger partial charge on any atom is -0.323 e. The molecule has 2 N–H and O–H groups in total. The summed E-state index contributed by atoms with van der Waals surface area (Å²) in [6.45, 7) is 11.2. The number of benzene rings is 1. The van der Waals surface area contributed by atoms with E-state index < -0.39 is 0 Å². The maximum Gasteiger partial charge on any atom is 0.0427 e. The van der Waals surface area contributed by atoms with Crippen molar-refractivity contribution in [1.82, 2.24) is 4.90 Å². The number of likely N-dealkylation sites (tertiary alicyclic amines) is 1. The lowest BCUT2D eigenvalue weighted by Gasteiger charge is -2.38. The quantitative estimate of drug-likeness (QED) is 0.902. The number of piperidine rings is 1. The van der Waals surface area contributed by atoms with E-state index in [2.05, 4.69) is 50.8 Å². The van der Waals surface area contributed by atoms with Gasteiger partial charge in [0.05, 0.1) is 0 Å². The summed E-state index contributed by atoms with van der Waals surface area (Å²) in [6, 6.07) is 7.41. The van der Waals surface area contributed by atoms with Gasteiger partial charge < -0.3 is 5.73 Å². The molecular formula is C17H28N2. The Labute approximate surface area is 118 Å². The zero-order chi connectivity index (χ0) is 14.0. The molecule has 0 spiro atoms. The van der Waals surface area contributed by atoms with Gasteiger partial charge in [-0.1, -0.05) is 30.7 Å². The average molecular weight is 260 g/mol. The highest BCUT2D eigenvalue weighted by molar-refractivity contribution is 5.32. The summed E-state index contributed by atoms with van der Waals surface area (Å²) >= 11 is 0. The molecule has 19 heavy (non-hydrogen) atoms. The molecule has 2 nitrogen and oxygen atoms in total. The van der Waals surface area contributed by atoms with E-state index in [0.29, 0.717) is 6.04 Å². The number of nitrogens with zero attached hydrogens (tertiary/aromatic N) is 1. The monoisotopic (exact) mass is 260 g/mol. The van der Waals surface area contributed by atoms with Crippen LogP contribution in [0.4, 0.5) is 0 Å². The highest BCUT2D eigenvalue weighted by Crippen LogP contribution is 2.25. The molecule has 1 saturated heterocycles. The van der Waals surface area contributed by atoms with Gasteiger partial charge in [0.15, 0.2) is 0 Å². The van der Waals surface area contributed by atoms with Gasteiger partial charge in [-0.3, -0.25) is 4.90 Å². The molecule has 0 aliphatic carbocycles. The van der Waals surface area contributed by atoms with Gasteiger partial charge in [-0.05, 0) is 50.7 Å². The Morgan fingerprint density at radius 2 is 2.00 bits per heavy atom. The smallest absolute Gasteiger partial charge is 0.0427 e. The zero-order valence-electron chi connectivity index (χ0n) is 12.8. The molecule has 3 unspecified atom stereocenters. The molecule has 0 bridgehead atoms. The molecule has 2 rings (SSSR count). The lowest BCUT2D eigenvalue weighted by molar-refractivity contribution is 0.117. The minimum atomic E-state index is 0.133. The average Bonchev–Trinajstić information content (AvgIpc) is 2.33. The van der Waals surface area contributed by atoms with Crippen molar-refractivity contribution in [1.29, 1.82) is 0 Å². The summed E-state index contributed by atoms with van der Waals surface area (Å²) in [6.07, 6.45) is 2.66. The summed E-state index contributed by atoms with van der Waals surface area (Å²) < 4.78 is 0. The summed E-state index contributed by atoms with van der Waals surface area (Å²) in [5.74, 6) is 0.808. The van der Waals surface area contributed by atoms with Crippen molar-refractivity contribution >= 4 is 0 Å². The largest absolute Gasteiger partial charge is 0.323 e. The third-order valence-electron chi connectivity index (χ3n) is 4.50. The summed E-state index contributed by atoms with van der Waals surface area (Å²) in [7, 11) is 0. The van der Waals surface area contributed by atoms with Gasteiger partial charge in [-0.25, -0.2) is 0 Å². The van der Waals surface area contributed by atoms with Crippen LogP contribution in [-0.2, 0) is 0 Å². The molecular weight excluding hydrogens is 232 g/mol. The van der Waals surface area contributed by atoms with Crippen LogP contribution < -0.4 is 5.73 Å². The Morgan fingerprint density at radius 1 is 1.26 bits per heavy atom. The number of rotatable bonds is 3. The Kier molecular flexibility index (Phi) is 4.64. The van der Waals surface area contributed by atoms with E-state index in [1.54, 1.807) is 0 Å². The van der Waals surface area contributed by atoms with Crippen LogP contribution in [-0.4, -0.2) is 24.0 Å². The molecule has 0 saturated carbocycles. The van der Waals surface area contributed by atoms with Gasteiger partial charge in [0, 0.05) is 25.2 Å². The van der Waals surface area contributed by atoms with E-state index in [9.17, 15) is 0 Å². The van der Waals surface area contributed by atoms with Gasteiger partial charge in [-0.15, -0.1) is 0 Å². The standard InChI is InChI=1S/C17H28N2/c1-12-6-8-16(14(3)9-12)17(18)11-19-10-13(2)5-7-15(19)4/h6,8-9,13,15,17H,5,7,10-11,18H2,1-4H3. The first-order chi connectivity index (χ1) is 8.97. The third-order valence-corrected chi connectivity index (χ3v) is 4.50. The molecule has 0 aromatic heterocycles. The van der Waals surface area contributed by atoms with Crippen LogP contribution in [0.1, 0.15) is 49.4 Å². The zero-order valence-corrected chi connectivity index (χ0v) is 12.8. The first-order valence-corrected chi connectivity index (χ1v) is 7.54. The SMILES string of the molecule is Cc1ccc(C(N)CN2CC(C)CCC2C)c(C)c1. The number of hydrogen-bond acceptors (Lipinski definition) is 2. The maximum absolute atomic E-state index is 6.44. The Morgan fingerprint density at radius 3 is 2.68 bits per heavy atom. The number of nitrogens with two attached hydrogens (primary N) is 1. The number of hydrogen-bond donors (Lipinski definition) is 1. The predicted molar refractivity (Wildman–Crippen MR) is 82.3 cm³/mol. The van der Waals surface area contributed by atoms with Gasteiger partial charge in [0.2, 0.25) is 0 Å². The molecule has 0 amide bonds. The van der Waals surface area contributed by atoms with Crippen LogP contribution in [0.25, 0.3) is 0 Å². The molecule has 3 atom stereocenters. The molecule has 1 aliphatic rings. The van der Waals surface area contributed by atoms with Crippen molar-refractivity contribution in [2.75, 3.05) is 13.1 Å². The second-order valence-corrected chi connectivity index (χ2v) is 6.45. The summed E-state index contributed by atoms with van der Waals surface area (Å²) in [5, 5.41) is 0. The van der Waals surface area contributed by atoms with E-state index in [-0.39, 0.29) is 6.04 Å². The fourth-order valence-corrected chi connectivity index (χ4v) is 3.23. The third kappa shape index (κ3) is 3.58. The van der Waals surface area contributed by atoms with Crippen LogP contribution in [0.5, 0.6) is 0 Å². The highest BCUT2D eigenvalue weighted by atomic mass is 15.2. The van der Waals surface area contributed by atoms with Crippen LogP contribution >= 0.6 is 0 Å². The minimum absolute atomic E-state index is 0.133. The van der Waals surface area contributed by atoms with Crippen molar-refractivity contribution in [3.8, 4) is 0 Å². The Hall–Kier alpha value is -0.860. The van der Waals surface area contributed by atoms with E-state index in [0.717, 1.165) is 12.5 Å². The lowest BCUT2D eigenvalue weighted by Crippen LogP contribution is -2.44. The van der Waals surface area contributed by atoms with Gasteiger partial charge >= 0.3 is 0 Å². The fraction of sp³-hybridized carbons (Fsp3) is 0.647. The molecule has 1 aliphatic heterocycles. The van der Waals surface area contributed by atoms with Crippen molar-refractivity contribution < 1.29 is 0 Å². The normalized spacial score (nSPS) is 26.4. The maximum atomic E-state index is 6.44. The molecule has 0 radical (unpaired) electrons. The first kappa shape index (κ1) is 14.5. The second kappa shape index (κ2) is 6.06. The fourth-order valence-electron chi connectivity index (χ4n) is 3.23. The van der Waals surface area contributed by atoms with Gasteiger partial charge in [0.1, 0.15) is 0 Å².